The third-order valence-electron chi connectivity index (χ3n) is 2.68. The number of hydrogen-bond donors (Lipinski definition) is 1. The summed E-state index contributed by atoms with van der Waals surface area (Å²) in [5, 5.41) is 8.77. The average Bonchev–Trinajstić information content (AvgIpc) is 2.27. The van der Waals surface area contributed by atoms with E-state index >= 15 is 0 Å². The van der Waals surface area contributed by atoms with E-state index < -0.39 is 23.7 Å². The van der Waals surface area contributed by atoms with Crippen LogP contribution in [0, 0.1) is 0 Å². The van der Waals surface area contributed by atoms with Crippen molar-refractivity contribution in [2.75, 3.05) is 0 Å². The highest BCUT2D eigenvalue weighted by Crippen LogP contribution is 2.30. The fraction of sp³-hybridized carbons (Fsp3) is 0.364. The number of alkyl halides is 2. The van der Waals surface area contributed by atoms with Crippen molar-refractivity contribution >= 4 is 11.8 Å². The van der Waals surface area contributed by atoms with Gasteiger partial charge in [-0.15, -0.1) is 0 Å². The molecule has 90 valence electrons. The molecule has 17 heavy (non-hydrogen) atoms. The SMILES string of the molecule is O=C(O)c1cc(C(F)F)c2c(n1)CCCC2=O. The minimum atomic E-state index is -2.87. The second-order valence-electron chi connectivity index (χ2n) is 3.80. The number of pyridine rings is 1. The molecule has 0 unspecified atom stereocenters. The van der Waals surface area contributed by atoms with Crippen LogP contribution in [-0.2, 0) is 6.42 Å². The number of rotatable bonds is 2. The molecule has 0 aliphatic heterocycles. The molecule has 0 aromatic carbocycles. The van der Waals surface area contributed by atoms with Crippen LogP contribution in [0.4, 0.5) is 8.78 Å². The highest BCUT2D eigenvalue weighted by Gasteiger charge is 2.28. The Morgan fingerprint density at radius 2 is 2.12 bits per heavy atom. The first-order chi connectivity index (χ1) is 8.00. The van der Waals surface area contributed by atoms with Crippen molar-refractivity contribution in [1.29, 1.82) is 0 Å². The molecule has 0 amide bonds. The van der Waals surface area contributed by atoms with Crippen molar-refractivity contribution in [1.82, 2.24) is 4.98 Å². The number of carbonyl (C=O) groups excluding carboxylic acids is 1. The molecule has 0 spiro atoms. The van der Waals surface area contributed by atoms with Gasteiger partial charge in [-0.05, 0) is 18.9 Å². The zero-order chi connectivity index (χ0) is 12.6. The topological polar surface area (TPSA) is 67.3 Å². The van der Waals surface area contributed by atoms with Crippen LogP contribution in [0.2, 0.25) is 0 Å². The molecule has 0 bridgehead atoms. The van der Waals surface area contributed by atoms with Crippen LogP contribution in [0.25, 0.3) is 0 Å². The summed E-state index contributed by atoms with van der Waals surface area (Å²) < 4.78 is 25.6. The molecule has 1 aliphatic rings. The highest BCUT2D eigenvalue weighted by atomic mass is 19.3. The number of halogens is 2. The highest BCUT2D eigenvalue weighted by molar-refractivity contribution is 6.00. The Morgan fingerprint density at radius 1 is 1.41 bits per heavy atom. The van der Waals surface area contributed by atoms with E-state index in [-0.39, 0.29) is 23.5 Å². The van der Waals surface area contributed by atoms with Crippen molar-refractivity contribution in [3.63, 3.8) is 0 Å². The minimum absolute atomic E-state index is 0.0868. The summed E-state index contributed by atoms with van der Waals surface area (Å²) >= 11 is 0. The first-order valence-electron chi connectivity index (χ1n) is 5.09. The number of nitrogens with zero attached hydrogens (tertiary/aromatic N) is 1. The lowest BCUT2D eigenvalue weighted by Gasteiger charge is -2.17. The lowest BCUT2D eigenvalue weighted by molar-refractivity contribution is 0.0688. The molecular formula is C11H9F2NO3. The molecule has 0 atom stereocenters. The summed E-state index contributed by atoms with van der Waals surface area (Å²) in [6.07, 6.45) is -1.78. The van der Waals surface area contributed by atoms with Gasteiger partial charge in [0.05, 0.1) is 5.69 Å². The third-order valence-corrected chi connectivity index (χ3v) is 2.68. The molecule has 1 aromatic rings. The summed E-state index contributed by atoms with van der Waals surface area (Å²) in [6, 6.07) is 0.787. The van der Waals surface area contributed by atoms with E-state index in [1.54, 1.807) is 0 Å². The second-order valence-corrected chi connectivity index (χ2v) is 3.80. The Labute approximate surface area is 95.3 Å². The maximum Gasteiger partial charge on any atom is 0.354 e. The Bertz CT molecular complexity index is 500. The van der Waals surface area contributed by atoms with Gasteiger partial charge in [0.2, 0.25) is 0 Å². The first-order valence-corrected chi connectivity index (χ1v) is 5.09. The predicted molar refractivity (Wildman–Crippen MR) is 53.4 cm³/mol. The summed E-state index contributed by atoms with van der Waals surface area (Å²) in [5.41, 5.74) is -0.862. The van der Waals surface area contributed by atoms with Gasteiger partial charge in [-0.2, -0.15) is 0 Å². The third kappa shape index (κ3) is 2.02. The number of fused-ring (bicyclic) bond motifs is 1. The Balaban J connectivity index is 2.66. The number of aryl methyl sites for hydroxylation is 1. The van der Waals surface area contributed by atoms with E-state index in [1.165, 1.54) is 0 Å². The lowest BCUT2D eigenvalue weighted by Crippen LogP contribution is -2.18. The second kappa shape index (κ2) is 4.20. The van der Waals surface area contributed by atoms with Gasteiger partial charge in [-0.3, -0.25) is 4.79 Å². The predicted octanol–water partition coefficient (Wildman–Crippen LogP) is 2.24. The standard InChI is InChI=1S/C11H9F2NO3/c12-10(13)5-4-7(11(16)17)14-6-2-1-3-8(15)9(5)6/h4,10H,1-3H2,(H,16,17). The van der Waals surface area contributed by atoms with Gasteiger partial charge < -0.3 is 5.11 Å². The molecule has 4 nitrogen and oxygen atoms in total. The molecule has 1 aromatic heterocycles. The van der Waals surface area contributed by atoms with Gasteiger partial charge in [-0.25, -0.2) is 18.6 Å². The molecule has 0 fully saturated rings. The molecule has 1 aliphatic carbocycles. The molecular weight excluding hydrogens is 232 g/mol. The summed E-state index contributed by atoms with van der Waals surface area (Å²) in [5.74, 6) is -1.75. The van der Waals surface area contributed by atoms with Gasteiger partial charge in [0.1, 0.15) is 5.69 Å². The van der Waals surface area contributed by atoms with Crippen LogP contribution >= 0.6 is 0 Å². The van der Waals surface area contributed by atoms with Crippen molar-refractivity contribution < 1.29 is 23.5 Å². The first kappa shape index (κ1) is 11.6. The van der Waals surface area contributed by atoms with Gasteiger partial charge in [-0.1, -0.05) is 0 Å². The number of ketones is 1. The van der Waals surface area contributed by atoms with Crippen LogP contribution in [0.3, 0.4) is 0 Å². The maximum atomic E-state index is 12.8. The van der Waals surface area contributed by atoms with E-state index in [0.717, 1.165) is 6.07 Å². The van der Waals surface area contributed by atoms with E-state index in [4.69, 9.17) is 5.11 Å². The Hall–Kier alpha value is -1.85. The number of aromatic carboxylic acids is 1. The fourth-order valence-electron chi connectivity index (χ4n) is 1.95. The number of carbonyl (C=O) groups is 2. The number of aromatic nitrogens is 1. The smallest absolute Gasteiger partial charge is 0.354 e. The average molecular weight is 241 g/mol. The van der Waals surface area contributed by atoms with Crippen LogP contribution in [0.15, 0.2) is 6.07 Å². The maximum absolute atomic E-state index is 12.8. The summed E-state index contributed by atoms with van der Waals surface area (Å²) in [4.78, 5) is 26.1. The lowest BCUT2D eigenvalue weighted by atomic mass is 9.90. The molecule has 1 N–H and O–H groups in total. The van der Waals surface area contributed by atoms with Crippen molar-refractivity contribution in [2.45, 2.75) is 25.7 Å². The van der Waals surface area contributed by atoms with Crippen LogP contribution in [-0.4, -0.2) is 21.8 Å². The van der Waals surface area contributed by atoms with Gasteiger partial charge in [0.25, 0.3) is 6.43 Å². The zero-order valence-corrected chi connectivity index (χ0v) is 8.74. The fourth-order valence-corrected chi connectivity index (χ4v) is 1.95. The molecule has 0 saturated carbocycles. The van der Waals surface area contributed by atoms with Gasteiger partial charge in [0.15, 0.2) is 5.78 Å². The van der Waals surface area contributed by atoms with Gasteiger partial charge in [0, 0.05) is 17.5 Å². The number of hydrogen-bond acceptors (Lipinski definition) is 3. The Morgan fingerprint density at radius 3 is 2.71 bits per heavy atom. The van der Waals surface area contributed by atoms with Crippen LogP contribution in [0.1, 0.15) is 51.4 Å². The summed E-state index contributed by atoms with van der Waals surface area (Å²) in [6.45, 7) is 0. The number of carboxylic acid groups (broad SMARTS) is 1. The number of Topliss-reactive ketones (excluding diaryl/α,β-unsaturated/α-hetero) is 1. The summed E-state index contributed by atoms with van der Waals surface area (Å²) in [7, 11) is 0. The van der Waals surface area contributed by atoms with Crippen molar-refractivity contribution in [3.8, 4) is 0 Å². The number of carboxylic acids is 1. The normalized spacial score (nSPS) is 14.9. The van der Waals surface area contributed by atoms with Crippen molar-refractivity contribution in [2.24, 2.45) is 0 Å². The minimum Gasteiger partial charge on any atom is -0.477 e. The monoisotopic (exact) mass is 241 g/mol. The van der Waals surface area contributed by atoms with Crippen LogP contribution < -0.4 is 0 Å². The largest absolute Gasteiger partial charge is 0.477 e. The molecule has 2 rings (SSSR count). The van der Waals surface area contributed by atoms with Gasteiger partial charge >= 0.3 is 5.97 Å². The van der Waals surface area contributed by atoms with Crippen LogP contribution in [0.5, 0.6) is 0 Å². The molecule has 1 heterocycles. The van der Waals surface area contributed by atoms with E-state index in [9.17, 15) is 18.4 Å². The molecule has 6 heteroatoms. The van der Waals surface area contributed by atoms with E-state index in [2.05, 4.69) is 4.98 Å². The quantitative estimate of drug-likeness (QED) is 0.862. The van der Waals surface area contributed by atoms with Crippen molar-refractivity contribution in [3.05, 3.63) is 28.6 Å². The van der Waals surface area contributed by atoms with E-state index in [1.807, 2.05) is 0 Å². The molecule has 0 saturated heterocycles. The zero-order valence-electron chi connectivity index (χ0n) is 8.74. The Kier molecular flexibility index (Phi) is 2.87. The molecule has 0 radical (unpaired) electrons. The van der Waals surface area contributed by atoms with E-state index in [0.29, 0.717) is 12.8 Å².